The van der Waals surface area contributed by atoms with Gasteiger partial charge in [0, 0.05) is 0 Å². The maximum Gasteiger partial charge on any atom is 0.109 e. The number of hydrogen-bond donors (Lipinski definition) is 4. The van der Waals surface area contributed by atoms with Crippen LogP contribution < -0.4 is 0 Å². The third-order valence-corrected chi connectivity index (χ3v) is 6.25. The summed E-state index contributed by atoms with van der Waals surface area (Å²) in [7, 11) is 0. The molecule has 0 unspecified atom stereocenters. The Balaban J connectivity index is 1.79. The van der Waals surface area contributed by atoms with Gasteiger partial charge in [-0.1, -0.05) is 48.6 Å². The van der Waals surface area contributed by atoms with Gasteiger partial charge in [-0.2, -0.15) is 0 Å². The molecule has 4 heteroatoms. The topological polar surface area (TPSA) is 80.9 Å². The fourth-order valence-electron chi connectivity index (χ4n) is 4.87. The molecule has 4 N–H and O–H groups in total. The zero-order chi connectivity index (χ0) is 19.2. The Labute approximate surface area is 160 Å². The van der Waals surface area contributed by atoms with E-state index in [0.717, 1.165) is 54.6 Å². The second kappa shape index (κ2) is 5.40. The van der Waals surface area contributed by atoms with E-state index in [4.69, 9.17) is 0 Å². The first-order chi connectivity index (χ1) is 13.5. The Kier molecular flexibility index (Phi) is 3.13. The molecule has 0 saturated heterocycles. The van der Waals surface area contributed by atoms with Crippen molar-refractivity contribution in [2.75, 3.05) is 0 Å². The third-order valence-electron chi connectivity index (χ3n) is 6.25. The SMILES string of the molecule is O[C@H]1C=Cc2c(cc3ccc4cc5c(c6ccc2c3c46)C=C[C@H](O)[C@H]5O)[C@@H]1O. The predicted molar refractivity (Wildman–Crippen MR) is 110 cm³/mol. The quantitative estimate of drug-likeness (QED) is 0.358. The monoisotopic (exact) mass is 370 g/mol. The number of aliphatic hydroxyl groups excluding tert-OH is 4. The van der Waals surface area contributed by atoms with Gasteiger partial charge >= 0.3 is 0 Å². The minimum Gasteiger partial charge on any atom is -0.386 e. The normalized spacial score (nSPS) is 26.3. The van der Waals surface area contributed by atoms with E-state index in [-0.39, 0.29) is 0 Å². The van der Waals surface area contributed by atoms with Gasteiger partial charge in [0.15, 0.2) is 0 Å². The second-order valence-corrected chi connectivity index (χ2v) is 7.77. The molecule has 0 spiro atoms. The molecule has 2 aliphatic carbocycles. The van der Waals surface area contributed by atoms with Crippen LogP contribution in [0.3, 0.4) is 0 Å². The van der Waals surface area contributed by atoms with Crippen LogP contribution in [-0.4, -0.2) is 32.6 Å². The van der Waals surface area contributed by atoms with E-state index in [1.54, 1.807) is 12.2 Å². The molecule has 138 valence electrons. The van der Waals surface area contributed by atoms with Crippen LogP contribution in [0.25, 0.3) is 44.5 Å². The molecule has 4 aromatic rings. The summed E-state index contributed by atoms with van der Waals surface area (Å²) < 4.78 is 0. The molecule has 0 saturated carbocycles. The van der Waals surface area contributed by atoms with E-state index in [1.165, 1.54) is 0 Å². The van der Waals surface area contributed by atoms with Gasteiger partial charge in [-0.15, -0.1) is 0 Å². The molecule has 0 fully saturated rings. The lowest BCUT2D eigenvalue weighted by molar-refractivity contribution is 0.0472. The van der Waals surface area contributed by atoms with Crippen LogP contribution >= 0.6 is 0 Å². The first-order valence-electron chi connectivity index (χ1n) is 9.41. The van der Waals surface area contributed by atoms with E-state index < -0.39 is 24.4 Å². The fourth-order valence-corrected chi connectivity index (χ4v) is 4.87. The van der Waals surface area contributed by atoms with Crippen LogP contribution in [0.4, 0.5) is 0 Å². The van der Waals surface area contributed by atoms with E-state index in [0.29, 0.717) is 0 Å². The molecule has 0 bridgehead atoms. The first-order valence-corrected chi connectivity index (χ1v) is 9.41. The molecule has 6 rings (SSSR count). The zero-order valence-corrected chi connectivity index (χ0v) is 14.9. The minimum atomic E-state index is -0.936. The highest BCUT2D eigenvalue weighted by atomic mass is 16.3. The Bertz CT molecular complexity index is 1230. The molecular formula is C24H18O4. The summed E-state index contributed by atoms with van der Waals surface area (Å²) in [6.45, 7) is 0. The average molecular weight is 370 g/mol. The van der Waals surface area contributed by atoms with E-state index in [9.17, 15) is 20.4 Å². The van der Waals surface area contributed by atoms with E-state index in [1.807, 2.05) is 48.6 Å². The number of fused-ring (bicyclic) bond motifs is 4. The van der Waals surface area contributed by atoms with Gasteiger partial charge in [-0.05, 0) is 66.7 Å². The molecular weight excluding hydrogens is 352 g/mol. The smallest absolute Gasteiger partial charge is 0.109 e. The first kappa shape index (κ1) is 16.2. The summed E-state index contributed by atoms with van der Waals surface area (Å²) in [6.07, 6.45) is 3.36. The second-order valence-electron chi connectivity index (χ2n) is 7.77. The highest BCUT2D eigenvalue weighted by Crippen LogP contribution is 2.44. The Morgan fingerprint density at radius 1 is 0.571 bits per heavy atom. The lowest BCUT2D eigenvalue weighted by Crippen LogP contribution is -2.20. The van der Waals surface area contributed by atoms with E-state index in [2.05, 4.69) is 0 Å². The standard InChI is InChI=1S/C24H18O4/c25-19-7-5-13-15-3-4-16-14-6-8-20(26)24(28)18(14)10-12-2-1-11(21(15)22(12)16)9-17(13)23(19)27/h1-10,19-20,23-28H/t19-,20-,23-,24-/m0/s1. The van der Waals surface area contributed by atoms with Crippen LogP contribution in [0.2, 0.25) is 0 Å². The third kappa shape index (κ3) is 1.93. The molecule has 4 atom stereocenters. The van der Waals surface area contributed by atoms with Crippen LogP contribution in [0.15, 0.2) is 48.6 Å². The van der Waals surface area contributed by atoms with Crippen molar-refractivity contribution in [2.45, 2.75) is 24.4 Å². The number of rotatable bonds is 0. The van der Waals surface area contributed by atoms with Gasteiger partial charge in [-0.3, -0.25) is 0 Å². The van der Waals surface area contributed by atoms with Crippen LogP contribution in [0.5, 0.6) is 0 Å². The summed E-state index contributed by atoms with van der Waals surface area (Å²) in [5.41, 5.74) is 3.34. The summed E-state index contributed by atoms with van der Waals surface area (Å²) >= 11 is 0. The molecule has 0 aromatic heterocycles. The highest BCUT2D eigenvalue weighted by molar-refractivity contribution is 6.26. The summed E-state index contributed by atoms with van der Waals surface area (Å²) in [5, 5.41) is 47.3. The molecule has 0 heterocycles. The van der Waals surface area contributed by atoms with Crippen LogP contribution in [-0.2, 0) is 0 Å². The van der Waals surface area contributed by atoms with Crippen molar-refractivity contribution in [3.8, 4) is 0 Å². The van der Waals surface area contributed by atoms with Crippen molar-refractivity contribution in [3.05, 3.63) is 70.8 Å². The lowest BCUT2D eigenvalue weighted by Gasteiger charge is -2.27. The van der Waals surface area contributed by atoms with E-state index >= 15 is 0 Å². The molecule has 4 nitrogen and oxygen atoms in total. The number of hydrogen-bond acceptors (Lipinski definition) is 4. The molecule has 0 aliphatic heterocycles. The zero-order valence-electron chi connectivity index (χ0n) is 14.9. The van der Waals surface area contributed by atoms with Gasteiger partial charge in [0.2, 0.25) is 0 Å². The number of aliphatic hydroxyl groups is 4. The number of benzene rings is 4. The lowest BCUT2D eigenvalue weighted by atomic mass is 9.81. The summed E-state index contributed by atoms with van der Waals surface area (Å²) in [4.78, 5) is 0. The van der Waals surface area contributed by atoms with Crippen molar-refractivity contribution in [1.29, 1.82) is 0 Å². The molecule has 0 radical (unpaired) electrons. The van der Waals surface area contributed by atoms with Gasteiger partial charge < -0.3 is 20.4 Å². The van der Waals surface area contributed by atoms with Gasteiger partial charge in [0.25, 0.3) is 0 Å². The predicted octanol–water partition coefficient (Wildman–Crippen LogP) is 3.43. The van der Waals surface area contributed by atoms with Crippen molar-refractivity contribution in [1.82, 2.24) is 0 Å². The molecule has 2 aliphatic rings. The highest BCUT2D eigenvalue weighted by Gasteiger charge is 2.28. The van der Waals surface area contributed by atoms with Crippen molar-refractivity contribution in [2.24, 2.45) is 0 Å². The van der Waals surface area contributed by atoms with Crippen molar-refractivity contribution >= 4 is 44.5 Å². The van der Waals surface area contributed by atoms with Crippen molar-refractivity contribution < 1.29 is 20.4 Å². The Morgan fingerprint density at radius 2 is 1.00 bits per heavy atom. The van der Waals surface area contributed by atoms with Crippen molar-refractivity contribution in [3.63, 3.8) is 0 Å². The van der Waals surface area contributed by atoms with Gasteiger partial charge in [0.05, 0.1) is 0 Å². The van der Waals surface area contributed by atoms with Gasteiger partial charge in [-0.25, -0.2) is 0 Å². The molecule has 4 aromatic carbocycles. The summed E-state index contributed by atoms with van der Waals surface area (Å²) in [6, 6.07) is 12.0. The average Bonchev–Trinajstić information content (AvgIpc) is 2.71. The van der Waals surface area contributed by atoms with Gasteiger partial charge in [0.1, 0.15) is 24.4 Å². The fraction of sp³-hybridized carbons (Fsp3) is 0.167. The molecule has 28 heavy (non-hydrogen) atoms. The Hall–Kier alpha value is -2.76. The maximum absolute atomic E-state index is 10.5. The minimum absolute atomic E-state index is 0.737. The Morgan fingerprint density at radius 3 is 1.43 bits per heavy atom. The van der Waals surface area contributed by atoms with Crippen LogP contribution in [0, 0.1) is 0 Å². The van der Waals surface area contributed by atoms with Crippen LogP contribution in [0.1, 0.15) is 34.5 Å². The summed E-state index contributed by atoms with van der Waals surface area (Å²) in [5.74, 6) is 0. The maximum atomic E-state index is 10.5. The largest absolute Gasteiger partial charge is 0.386 e. The molecule has 0 amide bonds.